The number of imide groups is 1. The van der Waals surface area contributed by atoms with E-state index in [2.05, 4.69) is 6.08 Å². The average molecular weight is 309 g/mol. The number of rotatable bonds is 2. The summed E-state index contributed by atoms with van der Waals surface area (Å²) in [5.41, 5.74) is 2.16. The predicted molar refractivity (Wildman–Crippen MR) is 89.8 cm³/mol. The Balaban J connectivity index is 1.56. The Morgan fingerprint density at radius 2 is 1.57 bits per heavy atom. The fourth-order valence-corrected chi connectivity index (χ4v) is 4.53. The van der Waals surface area contributed by atoms with Crippen LogP contribution in [0, 0.1) is 17.8 Å². The summed E-state index contributed by atoms with van der Waals surface area (Å²) in [6.45, 7) is 0. The minimum Gasteiger partial charge on any atom is -0.274 e. The summed E-state index contributed by atoms with van der Waals surface area (Å²) in [4.78, 5) is 27.0. The van der Waals surface area contributed by atoms with Crippen molar-refractivity contribution in [1.29, 1.82) is 0 Å². The number of nitrogens with zero attached hydrogens (tertiary/aromatic N) is 1. The first-order valence-electron chi connectivity index (χ1n) is 8.87. The molecule has 3 aliphatic rings. The minimum atomic E-state index is -0.143. The first kappa shape index (κ1) is 14.7. The number of hydrogen-bond donors (Lipinski definition) is 0. The minimum absolute atomic E-state index is 0.00705. The third kappa shape index (κ3) is 2.52. The molecule has 2 amide bonds. The van der Waals surface area contributed by atoms with Crippen molar-refractivity contribution in [1.82, 2.24) is 0 Å². The Kier molecular flexibility index (Phi) is 3.80. The molecule has 0 radical (unpaired) electrons. The zero-order chi connectivity index (χ0) is 15.8. The molecule has 1 aromatic carbocycles. The van der Waals surface area contributed by atoms with Gasteiger partial charge in [-0.3, -0.25) is 14.5 Å². The molecule has 3 nitrogen and oxygen atoms in total. The van der Waals surface area contributed by atoms with Gasteiger partial charge in [0.1, 0.15) is 0 Å². The summed E-state index contributed by atoms with van der Waals surface area (Å²) in [5.74, 6) is 0.371. The van der Waals surface area contributed by atoms with Crippen molar-refractivity contribution in [3.05, 3.63) is 42.0 Å². The molecular weight excluding hydrogens is 286 g/mol. The van der Waals surface area contributed by atoms with Crippen molar-refractivity contribution in [2.45, 2.75) is 44.9 Å². The third-order valence-corrected chi connectivity index (χ3v) is 5.79. The highest BCUT2D eigenvalue weighted by atomic mass is 16.2. The van der Waals surface area contributed by atoms with E-state index < -0.39 is 0 Å². The van der Waals surface area contributed by atoms with Gasteiger partial charge in [0.15, 0.2) is 0 Å². The van der Waals surface area contributed by atoms with Crippen molar-refractivity contribution < 1.29 is 9.59 Å². The molecule has 120 valence electrons. The largest absolute Gasteiger partial charge is 0.274 e. The third-order valence-electron chi connectivity index (χ3n) is 5.79. The van der Waals surface area contributed by atoms with Crippen LogP contribution >= 0.6 is 0 Å². The lowest BCUT2D eigenvalue weighted by molar-refractivity contribution is -0.122. The summed E-state index contributed by atoms with van der Waals surface area (Å²) < 4.78 is 0. The zero-order valence-corrected chi connectivity index (χ0v) is 13.4. The van der Waals surface area contributed by atoms with E-state index in [4.69, 9.17) is 0 Å². The highest BCUT2D eigenvalue weighted by Gasteiger charge is 2.49. The first-order chi connectivity index (χ1) is 11.3. The maximum absolute atomic E-state index is 12.9. The number of carbonyl (C=O) groups is 2. The number of anilines is 1. The molecule has 1 heterocycles. The molecule has 0 bridgehead atoms. The summed E-state index contributed by atoms with van der Waals surface area (Å²) in [6, 6.07) is 9.36. The van der Waals surface area contributed by atoms with Crippen LogP contribution in [-0.4, -0.2) is 11.8 Å². The van der Waals surface area contributed by atoms with Crippen LogP contribution in [0.3, 0.4) is 0 Å². The van der Waals surface area contributed by atoms with E-state index >= 15 is 0 Å². The van der Waals surface area contributed by atoms with Crippen molar-refractivity contribution >= 4 is 17.5 Å². The van der Waals surface area contributed by atoms with Crippen LogP contribution in [0.1, 0.15) is 44.9 Å². The van der Waals surface area contributed by atoms with Gasteiger partial charge in [-0.15, -0.1) is 0 Å². The van der Waals surface area contributed by atoms with Crippen molar-refractivity contribution in [2.75, 3.05) is 4.90 Å². The van der Waals surface area contributed by atoms with Crippen LogP contribution in [0.25, 0.3) is 0 Å². The van der Waals surface area contributed by atoms with Gasteiger partial charge in [0.05, 0.1) is 17.5 Å². The van der Waals surface area contributed by atoms with Gasteiger partial charge in [-0.25, -0.2) is 0 Å². The van der Waals surface area contributed by atoms with Gasteiger partial charge in [-0.2, -0.15) is 0 Å². The SMILES string of the molecule is O=C1[C@H]2CC=C(C3CCCCC3)C[C@H]2C(=O)N1c1ccccc1. The number of para-hydroxylation sites is 1. The lowest BCUT2D eigenvalue weighted by Gasteiger charge is -2.30. The number of carbonyl (C=O) groups excluding carboxylic acids is 2. The van der Waals surface area contributed by atoms with E-state index in [1.54, 1.807) is 0 Å². The monoisotopic (exact) mass is 309 g/mol. The molecule has 0 aromatic heterocycles. The van der Waals surface area contributed by atoms with Crippen molar-refractivity contribution in [2.24, 2.45) is 17.8 Å². The normalized spacial score (nSPS) is 28.7. The first-order valence-corrected chi connectivity index (χ1v) is 8.87. The molecule has 3 heteroatoms. The molecule has 0 spiro atoms. The van der Waals surface area contributed by atoms with Gasteiger partial charge in [0.25, 0.3) is 0 Å². The second-order valence-electron chi connectivity index (χ2n) is 7.11. The molecule has 4 rings (SSSR count). The smallest absolute Gasteiger partial charge is 0.238 e. The molecular formula is C20H23NO2. The summed E-state index contributed by atoms with van der Waals surface area (Å²) in [5, 5.41) is 0. The van der Waals surface area contributed by atoms with E-state index in [1.165, 1.54) is 42.6 Å². The number of amides is 2. The lowest BCUT2D eigenvalue weighted by Crippen LogP contribution is -2.30. The second-order valence-corrected chi connectivity index (χ2v) is 7.11. The fraction of sp³-hybridized carbons (Fsp3) is 0.500. The topological polar surface area (TPSA) is 37.4 Å². The molecule has 1 aromatic rings. The van der Waals surface area contributed by atoms with Gasteiger partial charge < -0.3 is 0 Å². The Morgan fingerprint density at radius 3 is 2.30 bits per heavy atom. The van der Waals surface area contributed by atoms with Crippen LogP contribution in [-0.2, 0) is 9.59 Å². The highest BCUT2D eigenvalue weighted by molar-refractivity contribution is 6.22. The van der Waals surface area contributed by atoms with Crippen LogP contribution in [0.5, 0.6) is 0 Å². The number of hydrogen-bond acceptors (Lipinski definition) is 2. The van der Waals surface area contributed by atoms with Crippen LogP contribution in [0.15, 0.2) is 42.0 Å². The molecule has 1 saturated carbocycles. The zero-order valence-electron chi connectivity index (χ0n) is 13.4. The molecule has 0 N–H and O–H groups in total. The summed E-state index contributed by atoms with van der Waals surface area (Å²) in [6.07, 6.45) is 10.3. The predicted octanol–water partition coefficient (Wildman–Crippen LogP) is 4.09. The maximum Gasteiger partial charge on any atom is 0.238 e. The van der Waals surface area contributed by atoms with Crippen molar-refractivity contribution in [3.63, 3.8) is 0 Å². The van der Waals surface area contributed by atoms with E-state index in [0.29, 0.717) is 5.92 Å². The van der Waals surface area contributed by atoms with Crippen LogP contribution in [0.4, 0.5) is 5.69 Å². The molecule has 2 aliphatic carbocycles. The molecule has 2 atom stereocenters. The maximum atomic E-state index is 12.9. The number of benzene rings is 1. The van der Waals surface area contributed by atoms with Gasteiger partial charge in [0.2, 0.25) is 11.8 Å². The molecule has 1 saturated heterocycles. The van der Waals surface area contributed by atoms with Crippen LogP contribution < -0.4 is 4.90 Å². The number of allylic oxidation sites excluding steroid dienone is 2. The summed E-state index contributed by atoms with van der Waals surface area (Å²) in [7, 11) is 0. The fourth-order valence-electron chi connectivity index (χ4n) is 4.53. The van der Waals surface area contributed by atoms with Crippen molar-refractivity contribution in [3.8, 4) is 0 Å². The van der Waals surface area contributed by atoms with E-state index in [0.717, 1.165) is 18.5 Å². The Morgan fingerprint density at radius 1 is 0.870 bits per heavy atom. The molecule has 23 heavy (non-hydrogen) atoms. The molecule has 0 unspecified atom stereocenters. The quantitative estimate of drug-likeness (QED) is 0.609. The van der Waals surface area contributed by atoms with E-state index in [-0.39, 0.29) is 23.7 Å². The van der Waals surface area contributed by atoms with Gasteiger partial charge >= 0.3 is 0 Å². The van der Waals surface area contributed by atoms with E-state index in [1.807, 2.05) is 30.3 Å². The Bertz CT molecular complexity index is 643. The summed E-state index contributed by atoms with van der Waals surface area (Å²) >= 11 is 0. The molecule has 1 aliphatic heterocycles. The standard InChI is InChI=1S/C20H23NO2/c22-19-17-12-11-15(14-7-3-1-4-8-14)13-18(17)20(23)21(19)16-9-5-2-6-10-16/h2,5-6,9-11,14,17-18H,1,3-4,7-8,12-13H2/t17-,18+/m0/s1. The Hall–Kier alpha value is -1.90. The van der Waals surface area contributed by atoms with Gasteiger partial charge in [-0.1, -0.05) is 49.1 Å². The lowest BCUT2D eigenvalue weighted by atomic mass is 9.73. The Labute approximate surface area is 137 Å². The number of fused-ring (bicyclic) bond motifs is 1. The highest BCUT2D eigenvalue weighted by Crippen LogP contribution is 2.43. The second kappa shape index (κ2) is 5.95. The van der Waals surface area contributed by atoms with Crippen LogP contribution in [0.2, 0.25) is 0 Å². The van der Waals surface area contributed by atoms with Gasteiger partial charge in [0, 0.05) is 0 Å². The average Bonchev–Trinajstić information content (AvgIpc) is 2.87. The van der Waals surface area contributed by atoms with Gasteiger partial charge in [-0.05, 0) is 43.7 Å². The molecule has 2 fully saturated rings. The van der Waals surface area contributed by atoms with E-state index in [9.17, 15) is 9.59 Å².